The van der Waals surface area contributed by atoms with Crippen LogP contribution in [0.2, 0.25) is 5.02 Å². The highest BCUT2D eigenvalue weighted by Crippen LogP contribution is 2.32. The Morgan fingerprint density at radius 3 is 2.54 bits per heavy atom. The summed E-state index contributed by atoms with van der Waals surface area (Å²) in [6.45, 7) is 2.07. The molecule has 2 aromatic carbocycles. The summed E-state index contributed by atoms with van der Waals surface area (Å²) in [6.07, 6.45) is 0.388. The van der Waals surface area contributed by atoms with Gasteiger partial charge >= 0.3 is 0 Å². The molecule has 2 aromatic rings. The highest BCUT2D eigenvalue weighted by molar-refractivity contribution is 6.30. The van der Waals surface area contributed by atoms with Crippen molar-refractivity contribution in [2.45, 2.75) is 12.3 Å². The topological polar surface area (TPSA) is 46.3 Å². The Morgan fingerprint density at radius 2 is 1.88 bits per heavy atom. The first-order valence-electron chi connectivity index (χ1n) is 7.94. The lowest BCUT2D eigenvalue weighted by molar-refractivity contribution is -0.129. The number of halogens is 2. The molecule has 128 valence electrons. The molecule has 1 amide bonds. The number of hydrogen-bond donors (Lipinski definition) is 1. The quantitative estimate of drug-likeness (QED) is 0.901. The maximum atomic E-state index is 12.6. The van der Waals surface area contributed by atoms with E-state index in [9.17, 15) is 4.79 Å². The molecule has 3 nitrogen and oxygen atoms in total. The Kier molecular flexibility index (Phi) is 6.67. The molecule has 2 N–H and O–H groups in total. The van der Waals surface area contributed by atoms with Crippen LogP contribution < -0.4 is 5.73 Å². The first-order valence-corrected chi connectivity index (χ1v) is 8.32. The van der Waals surface area contributed by atoms with Crippen LogP contribution in [0.1, 0.15) is 17.0 Å². The number of benzene rings is 2. The van der Waals surface area contributed by atoms with E-state index in [4.69, 9.17) is 17.3 Å². The molecule has 0 unspecified atom stereocenters. The van der Waals surface area contributed by atoms with Gasteiger partial charge in [-0.25, -0.2) is 0 Å². The molecule has 3 rings (SSSR count). The third kappa shape index (κ3) is 4.29. The van der Waals surface area contributed by atoms with Crippen LogP contribution in [0.3, 0.4) is 0 Å². The van der Waals surface area contributed by atoms with E-state index in [1.54, 1.807) is 0 Å². The molecule has 1 aliphatic rings. The molecule has 2 atom stereocenters. The number of rotatable bonds is 4. The number of amides is 1. The van der Waals surface area contributed by atoms with Gasteiger partial charge in [-0.15, -0.1) is 12.4 Å². The Bertz CT molecular complexity index is 678. The van der Waals surface area contributed by atoms with Crippen molar-refractivity contribution < 1.29 is 4.79 Å². The fourth-order valence-electron chi connectivity index (χ4n) is 3.32. The van der Waals surface area contributed by atoms with Crippen molar-refractivity contribution in [1.29, 1.82) is 0 Å². The zero-order valence-electron chi connectivity index (χ0n) is 13.4. The van der Waals surface area contributed by atoms with Gasteiger partial charge < -0.3 is 10.6 Å². The predicted molar refractivity (Wildman–Crippen MR) is 101 cm³/mol. The second-order valence-corrected chi connectivity index (χ2v) is 6.55. The van der Waals surface area contributed by atoms with Crippen LogP contribution in [-0.4, -0.2) is 30.4 Å². The van der Waals surface area contributed by atoms with Gasteiger partial charge in [-0.05, 0) is 35.7 Å². The van der Waals surface area contributed by atoms with E-state index in [-0.39, 0.29) is 18.3 Å². The van der Waals surface area contributed by atoms with Crippen molar-refractivity contribution in [3.05, 3.63) is 70.7 Å². The van der Waals surface area contributed by atoms with Crippen molar-refractivity contribution in [3.8, 4) is 0 Å². The van der Waals surface area contributed by atoms with Gasteiger partial charge in [-0.3, -0.25) is 4.79 Å². The van der Waals surface area contributed by atoms with E-state index in [2.05, 4.69) is 12.1 Å². The Balaban J connectivity index is 0.00000208. The summed E-state index contributed by atoms with van der Waals surface area (Å²) in [5.41, 5.74) is 8.16. The van der Waals surface area contributed by atoms with Crippen LogP contribution in [0, 0.1) is 5.92 Å². The summed E-state index contributed by atoms with van der Waals surface area (Å²) in [7, 11) is 0. The van der Waals surface area contributed by atoms with Gasteiger partial charge in [0.05, 0.1) is 6.42 Å². The van der Waals surface area contributed by atoms with Crippen LogP contribution >= 0.6 is 24.0 Å². The second-order valence-electron chi connectivity index (χ2n) is 6.12. The summed E-state index contributed by atoms with van der Waals surface area (Å²) >= 11 is 6.00. The molecule has 5 heteroatoms. The molecule has 0 radical (unpaired) electrons. The first-order chi connectivity index (χ1) is 11.2. The molecule has 0 aliphatic carbocycles. The minimum Gasteiger partial charge on any atom is -0.341 e. The minimum absolute atomic E-state index is 0. The molecule has 0 spiro atoms. The minimum atomic E-state index is 0. The van der Waals surface area contributed by atoms with Crippen molar-refractivity contribution in [2.24, 2.45) is 11.7 Å². The van der Waals surface area contributed by atoms with Gasteiger partial charge in [0.1, 0.15) is 0 Å². The third-order valence-corrected chi connectivity index (χ3v) is 4.80. The van der Waals surface area contributed by atoms with E-state index in [1.807, 2.05) is 47.4 Å². The van der Waals surface area contributed by atoms with Gasteiger partial charge in [0.2, 0.25) is 5.91 Å². The van der Waals surface area contributed by atoms with Crippen LogP contribution in [-0.2, 0) is 11.2 Å². The number of nitrogens with two attached hydrogens (primary N) is 1. The second kappa shape index (κ2) is 8.52. The number of hydrogen-bond acceptors (Lipinski definition) is 2. The predicted octanol–water partition coefficient (Wildman–Crippen LogP) is 3.51. The van der Waals surface area contributed by atoms with Crippen molar-refractivity contribution in [2.75, 3.05) is 19.6 Å². The van der Waals surface area contributed by atoms with Crippen molar-refractivity contribution in [3.63, 3.8) is 0 Å². The van der Waals surface area contributed by atoms with Crippen LogP contribution in [0.5, 0.6) is 0 Å². The zero-order chi connectivity index (χ0) is 16.2. The smallest absolute Gasteiger partial charge is 0.227 e. The fourth-order valence-corrected chi connectivity index (χ4v) is 3.54. The largest absolute Gasteiger partial charge is 0.341 e. The van der Waals surface area contributed by atoms with E-state index in [1.165, 1.54) is 5.56 Å². The first kappa shape index (κ1) is 18.8. The van der Waals surface area contributed by atoms with Gasteiger partial charge in [-0.2, -0.15) is 0 Å². The molecule has 1 aliphatic heterocycles. The van der Waals surface area contributed by atoms with E-state index >= 15 is 0 Å². The van der Waals surface area contributed by atoms with Crippen molar-refractivity contribution >= 4 is 29.9 Å². The lowest BCUT2D eigenvalue weighted by Crippen LogP contribution is -2.31. The summed E-state index contributed by atoms with van der Waals surface area (Å²) in [4.78, 5) is 14.5. The van der Waals surface area contributed by atoms with Gasteiger partial charge in [0.25, 0.3) is 0 Å². The number of carbonyl (C=O) groups is 1. The van der Waals surface area contributed by atoms with Gasteiger partial charge in [0.15, 0.2) is 0 Å². The van der Waals surface area contributed by atoms with E-state index in [0.29, 0.717) is 29.8 Å². The highest BCUT2D eigenvalue weighted by Gasteiger charge is 2.34. The standard InChI is InChI=1S/C19H21ClN2O.ClH/c20-17-8-4-5-14(9-17)10-19(23)22-12-16(11-21)18(13-22)15-6-2-1-3-7-15;/h1-9,16,18H,10-13,21H2;1H/t16-,18+;/m1./s1. The lowest BCUT2D eigenvalue weighted by Gasteiger charge is -2.17. The Labute approximate surface area is 154 Å². The molecule has 0 aromatic heterocycles. The Hall–Kier alpha value is -1.55. The van der Waals surface area contributed by atoms with E-state index < -0.39 is 0 Å². The summed E-state index contributed by atoms with van der Waals surface area (Å²) in [6, 6.07) is 17.8. The SMILES string of the molecule is Cl.NC[C@@H]1CN(C(=O)Cc2cccc(Cl)c2)C[C@H]1c1ccccc1. The van der Waals surface area contributed by atoms with Crippen molar-refractivity contribution in [1.82, 2.24) is 4.90 Å². The lowest BCUT2D eigenvalue weighted by atomic mass is 9.89. The maximum Gasteiger partial charge on any atom is 0.227 e. The van der Waals surface area contributed by atoms with E-state index in [0.717, 1.165) is 18.7 Å². The fraction of sp³-hybridized carbons (Fsp3) is 0.316. The molecule has 1 saturated heterocycles. The van der Waals surface area contributed by atoms with Crippen LogP contribution in [0.4, 0.5) is 0 Å². The highest BCUT2D eigenvalue weighted by atomic mass is 35.5. The number of likely N-dealkylation sites (tertiary alicyclic amines) is 1. The van der Waals surface area contributed by atoms with Gasteiger partial charge in [-0.1, -0.05) is 54.1 Å². The van der Waals surface area contributed by atoms with Gasteiger partial charge in [0, 0.05) is 24.0 Å². The normalized spacial score (nSPS) is 19.8. The number of nitrogens with zero attached hydrogens (tertiary/aromatic N) is 1. The molecule has 0 saturated carbocycles. The molecule has 1 fully saturated rings. The monoisotopic (exact) mass is 364 g/mol. The van der Waals surface area contributed by atoms with Crippen LogP contribution in [0.15, 0.2) is 54.6 Å². The third-order valence-electron chi connectivity index (χ3n) is 4.57. The molecular formula is C19H22Cl2N2O. The summed E-state index contributed by atoms with van der Waals surface area (Å²) in [5, 5.41) is 0.665. The molecule has 24 heavy (non-hydrogen) atoms. The molecular weight excluding hydrogens is 343 g/mol. The zero-order valence-corrected chi connectivity index (χ0v) is 15.0. The average molecular weight is 365 g/mol. The summed E-state index contributed by atoms with van der Waals surface area (Å²) in [5.74, 6) is 0.786. The average Bonchev–Trinajstić information content (AvgIpc) is 3.00. The molecule has 1 heterocycles. The summed E-state index contributed by atoms with van der Waals surface area (Å²) < 4.78 is 0. The number of carbonyl (C=O) groups excluding carboxylic acids is 1. The molecule has 0 bridgehead atoms. The maximum absolute atomic E-state index is 12.6. The Morgan fingerprint density at radius 1 is 1.12 bits per heavy atom. The van der Waals surface area contributed by atoms with Crippen LogP contribution in [0.25, 0.3) is 0 Å².